The van der Waals surface area contributed by atoms with E-state index in [1.807, 2.05) is 13.0 Å². The number of allylic oxidation sites excluding steroid dienone is 4. The van der Waals surface area contributed by atoms with Crippen molar-refractivity contribution < 1.29 is 29.3 Å². The summed E-state index contributed by atoms with van der Waals surface area (Å²) in [6, 6.07) is 0. The fourth-order valence-electron chi connectivity index (χ4n) is 7.61. The maximum atomic E-state index is 13.1. The van der Waals surface area contributed by atoms with E-state index < -0.39 is 35.6 Å². The summed E-state index contributed by atoms with van der Waals surface area (Å²) in [4.78, 5) is 24.9. The second kappa shape index (κ2) is 6.10. The number of ether oxygens (including phenoxy) is 2. The third-order valence-corrected chi connectivity index (χ3v) is 8.47. The second-order valence-electron chi connectivity index (χ2n) is 10.2. The Balaban J connectivity index is 1.56. The molecule has 0 spiro atoms. The Morgan fingerprint density at radius 1 is 1.31 bits per heavy atom. The molecule has 0 aromatic heterocycles. The molecule has 8 atom stereocenters. The van der Waals surface area contributed by atoms with E-state index in [9.17, 15) is 19.8 Å². The number of hydrogen-bond donors (Lipinski definition) is 2. The van der Waals surface area contributed by atoms with Crippen molar-refractivity contribution in [1.29, 1.82) is 0 Å². The van der Waals surface area contributed by atoms with Gasteiger partial charge in [0.05, 0.1) is 12.2 Å². The summed E-state index contributed by atoms with van der Waals surface area (Å²) >= 11 is 0. The zero-order chi connectivity index (χ0) is 20.8. The van der Waals surface area contributed by atoms with E-state index >= 15 is 0 Å². The molecule has 0 aromatic carbocycles. The van der Waals surface area contributed by atoms with Crippen molar-refractivity contribution in [1.82, 2.24) is 0 Å². The van der Waals surface area contributed by atoms with Crippen LogP contribution in [0.3, 0.4) is 0 Å². The summed E-state index contributed by atoms with van der Waals surface area (Å²) in [5, 5.41) is 21.1. The second-order valence-corrected chi connectivity index (χ2v) is 10.2. The Bertz CT molecular complexity index is 827. The van der Waals surface area contributed by atoms with Crippen LogP contribution in [-0.2, 0) is 19.1 Å². The first-order valence-corrected chi connectivity index (χ1v) is 10.8. The van der Waals surface area contributed by atoms with Crippen LogP contribution in [-0.4, -0.2) is 52.0 Å². The van der Waals surface area contributed by atoms with Crippen molar-refractivity contribution in [2.45, 2.75) is 70.1 Å². The smallest absolute Gasteiger partial charge is 0.193 e. The Kier molecular flexibility index (Phi) is 4.12. The van der Waals surface area contributed by atoms with Crippen molar-refractivity contribution in [3.05, 3.63) is 23.8 Å². The van der Waals surface area contributed by atoms with E-state index in [0.717, 1.165) is 18.4 Å². The maximum Gasteiger partial charge on any atom is 0.193 e. The zero-order valence-electron chi connectivity index (χ0n) is 17.3. The highest BCUT2D eigenvalue weighted by atomic mass is 16.8. The Morgan fingerprint density at radius 3 is 2.79 bits per heavy atom. The van der Waals surface area contributed by atoms with Gasteiger partial charge in [-0.3, -0.25) is 9.59 Å². The fourth-order valence-corrected chi connectivity index (χ4v) is 7.61. The normalized spacial score (nSPS) is 49.7. The van der Waals surface area contributed by atoms with Crippen LogP contribution < -0.4 is 0 Å². The Morgan fingerprint density at radius 2 is 2.07 bits per heavy atom. The van der Waals surface area contributed by atoms with Crippen LogP contribution in [0, 0.1) is 29.1 Å². The Labute approximate surface area is 170 Å². The van der Waals surface area contributed by atoms with Crippen molar-refractivity contribution >= 4 is 11.6 Å². The third kappa shape index (κ3) is 2.43. The van der Waals surface area contributed by atoms with Crippen LogP contribution in [0.25, 0.3) is 0 Å². The lowest BCUT2D eigenvalue weighted by Crippen LogP contribution is -2.62. The Hall–Kier alpha value is -1.34. The molecule has 158 valence electrons. The summed E-state index contributed by atoms with van der Waals surface area (Å²) in [6.07, 6.45) is 7.11. The summed E-state index contributed by atoms with van der Waals surface area (Å²) in [6.45, 7) is 5.06. The molecular weight excluding hydrogens is 372 g/mol. The van der Waals surface area contributed by atoms with Crippen molar-refractivity contribution in [3.63, 3.8) is 0 Å². The molecule has 5 aliphatic rings. The van der Waals surface area contributed by atoms with E-state index in [2.05, 4.69) is 0 Å². The van der Waals surface area contributed by atoms with Gasteiger partial charge in [0.25, 0.3) is 0 Å². The minimum Gasteiger partial charge on any atom is -0.393 e. The first kappa shape index (κ1) is 19.6. The SMILES string of the molecule is CC1(C)O[C@@H]2C[C@H]3[C@@H]4CCC5=CC(=O)C=C[C@@H]5[C@H]4[C@@H](O)C[C@]3(C)[C@]2(C(=O)CO)O1. The lowest BCUT2D eigenvalue weighted by molar-refractivity contribution is -0.222. The van der Waals surface area contributed by atoms with Crippen molar-refractivity contribution in [3.8, 4) is 0 Å². The lowest BCUT2D eigenvalue weighted by Gasteiger charge is -2.57. The van der Waals surface area contributed by atoms with E-state index in [-0.39, 0.29) is 35.2 Å². The zero-order valence-corrected chi connectivity index (χ0v) is 17.3. The summed E-state index contributed by atoms with van der Waals surface area (Å²) < 4.78 is 12.5. The molecule has 1 aliphatic heterocycles. The number of Topliss-reactive ketones (excluding diaryl/α,β-unsaturated/α-hetero) is 1. The number of aliphatic hydroxyl groups excluding tert-OH is 2. The van der Waals surface area contributed by atoms with Gasteiger partial charge >= 0.3 is 0 Å². The molecule has 4 fully saturated rings. The molecule has 0 bridgehead atoms. The van der Waals surface area contributed by atoms with Gasteiger partial charge in [0.2, 0.25) is 0 Å². The number of fused-ring (bicyclic) bond motifs is 7. The number of rotatable bonds is 2. The number of ketones is 2. The number of carbonyl (C=O) groups is 2. The van der Waals surface area contributed by atoms with Gasteiger partial charge in [0.15, 0.2) is 23.0 Å². The molecular formula is C23H30O6. The number of carbonyl (C=O) groups excluding carboxylic acids is 2. The fraction of sp³-hybridized carbons (Fsp3) is 0.739. The molecule has 0 aromatic rings. The highest BCUT2D eigenvalue weighted by molar-refractivity contribution is 6.00. The monoisotopic (exact) mass is 402 g/mol. The molecule has 6 nitrogen and oxygen atoms in total. The number of aliphatic hydroxyl groups is 2. The van der Waals surface area contributed by atoms with Gasteiger partial charge in [-0.15, -0.1) is 0 Å². The minimum absolute atomic E-state index is 0.0248. The molecule has 0 unspecified atom stereocenters. The van der Waals surface area contributed by atoms with Crippen LogP contribution in [0.2, 0.25) is 0 Å². The lowest BCUT2D eigenvalue weighted by atomic mass is 9.49. The van der Waals surface area contributed by atoms with Crippen molar-refractivity contribution in [2.75, 3.05) is 6.61 Å². The molecule has 4 aliphatic carbocycles. The summed E-state index contributed by atoms with van der Waals surface area (Å²) in [7, 11) is 0. The van der Waals surface area contributed by atoms with Gasteiger partial charge in [-0.25, -0.2) is 0 Å². The summed E-state index contributed by atoms with van der Waals surface area (Å²) in [5.41, 5.74) is -0.716. The highest BCUT2D eigenvalue weighted by Crippen LogP contribution is 2.68. The average Bonchev–Trinajstić information content (AvgIpc) is 3.06. The molecule has 6 heteroatoms. The van der Waals surface area contributed by atoms with Crippen LogP contribution in [0.5, 0.6) is 0 Å². The quantitative estimate of drug-likeness (QED) is 0.733. The first-order valence-electron chi connectivity index (χ1n) is 10.8. The standard InChI is InChI=1S/C23H30O6/c1-21(2)28-19-9-16-15-6-4-12-8-13(25)5-7-14(12)20(15)17(26)10-22(16,3)23(19,29-21)18(27)11-24/h5,7-8,14-17,19-20,24,26H,4,6,9-11H2,1-3H3/t14-,15-,16-,17-,19+,20+,22-,23+/m0/s1. The summed E-state index contributed by atoms with van der Waals surface area (Å²) in [5.74, 6) is -0.742. The van der Waals surface area contributed by atoms with Gasteiger partial charge in [-0.2, -0.15) is 0 Å². The van der Waals surface area contributed by atoms with Gasteiger partial charge in [0, 0.05) is 11.3 Å². The molecule has 5 rings (SSSR count). The number of hydrogen-bond acceptors (Lipinski definition) is 6. The van der Waals surface area contributed by atoms with Crippen LogP contribution in [0.4, 0.5) is 0 Å². The molecule has 0 amide bonds. The van der Waals surface area contributed by atoms with E-state index in [1.165, 1.54) is 0 Å². The van der Waals surface area contributed by atoms with Gasteiger partial charge in [-0.05, 0) is 69.4 Å². The molecule has 1 heterocycles. The predicted octanol–water partition coefficient (Wildman–Crippen LogP) is 1.94. The predicted molar refractivity (Wildman–Crippen MR) is 104 cm³/mol. The van der Waals surface area contributed by atoms with Gasteiger partial charge in [-0.1, -0.05) is 18.6 Å². The maximum absolute atomic E-state index is 13.1. The van der Waals surface area contributed by atoms with Crippen molar-refractivity contribution in [2.24, 2.45) is 29.1 Å². The van der Waals surface area contributed by atoms with Crippen LogP contribution in [0.1, 0.15) is 46.5 Å². The van der Waals surface area contributed by atoms with Gasteiger partial charge in [0.1, 0.15) is 6.61 Å². The molecule has 3 saturated carbocycles. The van der Waals surface area contributed by atoms with E-state index in [4.69, 9.17) is 9.47 Å². The van der Waals surface area contributed by atoms with Crippen LogP contribution >= 0.6 is 0 Å². The molecule has 2 N–H and O–H groups in total. The molecule has 0 radical (unpaired) electrons. The first-order chi connectivity index (χ1) is 13.6. The van der Waals surface area contributed by atoms with Crippen LogP contribution in [0.15, 0.2) is 23.8 Å². The average molecular weight is 402 g/mol. The topological polar surface area (TPSA) is 93.1 Å². The third-order valence-electron chi connectivity index (χ3n) is 8.47. The molecule has 29 heavy (non-hydrogen) atoms. The van der Waals surface area contributed by atoms with Gasteiger partial charge < -0.3 is 19.7 Å². The largest absolute Gasteiger partial charge is 0.393 e. The van der Waals surface area contributed by atoms with E-state index in [0.29, 0.717) is 12.8 Å². The minimum atomic E-state index is -1.23. The van der Waals surface area contributed by atoms with E-state index in [1.54, 1.807) is 26.0 Å². The molecule has 1 saturated heterocycles. The highest BCUT2D eigenvalue weighted by Gasteiger charge is 2.76.